The molecular weight excluding hydrogens is 263 g/mol. The van der Waals surface area contributed by atoms with Gasteiger partial charge >= 0.3 is 0 Å². The lowest BCUT2D eigenvalue weighted by Crippen LogP contribution is -2.48. The molecule has 1 unspecified atom stereocenters. The Kier molecular flexibility index (Phi) is 4.32. The van der Waals surface area contributed by atoms with Gasteiger partial charge in [-0.25, -0.2) is 4.39 Å². The lowest BCUT2D eigenvalue weighted by Gasteiger charge is -2.31. The summed E-state index contributed by atoms with van der Waals surface area (Å²) < 4.78 is 13.9. The van der Waals surface area contributed by atoms with Crippen LogP contribution >= 0.6 is 0 Å². The van der Waals surface area contributed by atoms with Crippen LogP contribution in [-0.4, -0.2) is 30.6 Å². The first-order valence-corrected chi connectivity index (χ1v) is 7.52. The summed E-state index contributed by atoms with van der Waals surface area (Å²) in [5.74, 6) is -0.162. The molecule has 0 aromatic heterocycles. The van der Waals surface area contributed by atoms with Gasteiger partial charge in [0.15, 0.2) is 0 Å². The van der Waals surface area contributed by atoms with Crippen molar-refractivity contribution < 1.29 is 4.39 Å². The third-order valence-corrected chi connectivity index (χ3v) is 3.97. The monoisotopic (exact) mass is 284 g/mol. The Morgan fingerprint density at radius 2 is 2.05 bits per heavy atom. The maximum Gasteiger partial charge on any atom is 0.131 e. The number of hydrogen-bond acceptors (Lipinski definition) is 2. The van der Waals surface area contributed by atoms with E-state index in [9.17, 15) is 4.39 Å². The first kappa shape index (κ1) is 14.2. The maximum atomic E-state index is 13.9. The number of nitrogens with zero attached hydrogens (tertiary/aromatic N) is 1. The molecule has 21 heavy (non-hydrogen) atoms. The van der Waals surface area contributed by atoms with E-state index in [1.165, 1.54) is 11.6 Å². The summed E-state index contributed by atoms with van der Waals surface area (Å²) in [6.07, 6.45) is 0. The summed E-state index contributed by atoms with van der Waals surface area (Å²) >= 11 is 0. The Balaban J connectivity index is 1.79. The second-order valence-electron chi connectivity index (χ2n) is 5.77. The molecule has 1 aliphatic heterocycles. The number of halogens is 1. The number of nitrogens with one attached hydrogen (secondary N) is 1. The van der Waals surface area contributed by atoms with Crippen LogP contribution in [0.25, 0.3) is 11.1 Å². The van der Waals surface area contributed by atoms with Crippen LogP contribution in [0.15, 0.2) is 48.5 Å². The maximum absolute atomic E-state index is 13.9. The molecule has 0 bridgehead atoms. The van der Waals surface area contributed by atoms with Gasteiger partial charge in [-0.3, -0.25) is 4.90 Å². The quantitative estimate of drug-likeness (QED) is 0.930. The lowest BCUT2D eigenvalue weighted by atomic mass is 10.0. The van der Waals surface area contributed by atoms with Crippen LogP contribution in [0.5, 0.6) is 0 Å². The number of piperazine rings is 1. The molecule has 0 spiro atoms. The minimum Gasteiger partial charge on any atom is -0.312 e. The third-order valence-electron chi connectivity index (χ3n) is 3.97. The Morgan fingerprint density at radius 1 is 1.19 bits per heavy atom. The molecule has 1 saturated heterocycles. The zero-order chi connectivity index (χ0) is 14.7. The molecule has 1 N–H and O–H groups in total. The van der Waals surface area contributed by atoms with Crippen LogP contribution in [0.1, 0.15) is 12.5 Å². The fourth-order valence-electron chi connectivity index (χ4n) is 2.95. The topological polar surface area (TPSA) is 15.3 Å². The molecule has 0 aliphatic carbocycles. The zero-order valence-corrected chi connectivity index (χ0v) is 12.3. The van der Waals surface area contributed by atoms with Crippen molar-refractivity contribution in [1.82, 2.24) is 10.2 Å². The molecule has 1 atom stereocenters. The van der Waals surface area contributed by atoms with Crippen LogP contribution in [0, 0.1) is 5.82 Å². The van der Waals surface area contributed by atoms with Crippen molar-refractivity contribution in [3.8, 4) is 11.1 Å². The second-order valence-corrected chi connectivity index (χ2v) is 5.77. The first-order chi connectivity index (χ1) is 10.2. The van der Waals surface area contributed by atoms with E-state index in [2.05, 4.69) is 29.3 Å². The molecule has 3 rings (SSSR count). The van der Waals surface area contributed by atoms with Gasteiger partial charge < -0.3 is 5.32 Å². The number of benzene rings is 2. The van der Waals surface area contributed by atoms with E-state index < -0.39 is 0 Å². The van der Waals surface area contributed by atoms with Crippen LogP contribution in [0.2, 0.25) is 0 Å². The van der Waals surface area contributed by atoms with E-state index >= 15 is 0 Å². The van der Waals surface area contributed by atoms with Crippen LogP contribution in [0.3, 0.4) is 0 Å². The minimum atomic E-state index is -0.162. The van der Waals surface area contributed by atoms with Crippen molar-refractivity contribution in [1.29, 1.82) is 0 Å². The van der Waals surface area contributed by atoms with Crippen molar-refractivity contribution in [2.75, 3.05) is 19.6 Å². The van der Waals surface area contributed by atoms with Crippen LogP contribution in [0.4, 0.5) is 4.39 Å². The van der Waals surface area contributed by atoms with Crippen molar-refractivity contribution in [3.05, 3.63) is 59.9 Å². The first-order valence-electron chi connectivity index (χ1n) is 7.52. The van der Waals surface area contributed by atoms with Gasteiger partial charge in [-0.1, -0.05) is 36.4 Å². The largest absolute Gasteiger partial charge is 0.312 e. The van der Waals surface area contributed by atoms with Gasteiger partial charge in [0, 0.05) is 37.8 Å². The second kappa shape index (κ2) is 6.37. The molecular formula is C18H21FN2. The number of hydrogen-bond donors (Lipinski definition) is 1. The molecule has 2 aromatic rings. The predicted molar refractivity (Wildman–Crippen MR) is 84.6 cm³/mol. The lowest BCUT2D eigenvalue weighted by molar-refractivity contribution is 0.199. The molecule has 0 amide bonds. The van der Waals surface area contributed by atoms with E-state index in [4.69, 9.17) is 0 Å². The highest BCUT2D eigenvalue weighted by molar-refractivity contribution is 5.64. The van der Waals surface area contributed by atoms with Gasteiger partial charge in [0.1, 0.15) is 5.82 Å². The average molecular weight is 284 g/mol. The summed E-state index contributed by atoms with van der Waals surface area (Å²) in [6.45, 7) is 6.29. The summed E-state index contributed by atoms with van der Waals surface area (Å²) in [7, 11) is 0. The van der Waals surface area contributed by atoms with Crippen molar-refractivity contribution in [3.63, 3.8) is 0 Å². The highest BCUT2D eigenvalue weighted by atomic mass is 19.1. The van der Waals surface area contributed by atoms with Crippen molar-refractivity contribution >= 4 is 0 Å². The van der Waals surface area contributed by atoms with E-state index in [0.717, 1.165) is 31.7 Å². The van der Waals surface area contributed by atoms with Gasteiger partial charge in [-0.15, -0.1) is 0 Å². The SMILES string of the molecule is CC1CN(Cc2cccc(-c3ccccc3F)c2)CCN1. The van der Waals surface area contributed by atoms with Gasteiger partial charge in [0.2, 0.25) is 0 Å². The Hall–Kier alpha value is -1.71. The molecule has 1 aliphatic rings. The summed E-state index contributed by atoms with van der Waals surface area (Å²) in [5, 5.41) is 3.45. The standard InChI is InChI=1S/C18H21FN2/c1-14-12-21(10-9-20-14)13-15-5-4-6-16(11-15)17-7-2-3-8-18(17)19/h2-8,11,14,20H,9-10,12-13H2,1H3. The van der Waals surface area contributed by atoms with Crippen molar-refractivity contribution in [2.45, 2.75) is 19.5 Å². The summed E-state index contributed by atoms with van der Waals surface area (Å²) in [4.78, 5) is 2.45. The molecule has 0 saturated carbocycles. The molecule has 110 valence electrons. The minimum absolute atomic E-state index is 0.162. The smallest absolute Gasteiger partial charge is 0.131 e. The van der Waals surface area contributed by atoms with Crippen molar-refractivity contribution in [2.24, 2.45) is 0 Å². The van der Waals surface area contributed by atoms with Gasteiger partial charge in [0.05, 0.1) is 0 Å². The predicted octanol–water partition coefficient (Wildman–Crippen LogP) is 3.29. The average Bonchev–Trinajstić information content (AvgIpc) is 2.48. The summed E-state index contributed by atoms with van der Waals surface area (Å²) in [6, 6.07) is 15.7. The Labute approximate surface area is 125 Å². The van der Waals surface area contributed by atoms with E-state index in [1.54, 1.807) is 6.07 Å². The molecule has 0 radical (unpaired) electrons. The summed E-state index contributed by atoms with van der Waals surface area (Å²) in [5.41, 5.74) is 2.87. The van der Waals surface area contributed by atoms with E-state index in [1.807, 2.05) is 24.3 Å². The molecule has 1 heterocycles. The third kappa shape index (κ3) is 3.49. The van der Waals surface area contributed by atoms with Gasteiger partial charge in [-0.05, 0) is 30.2 Å². The van der Waals surface area contributed by atoms with Gasteiger partial charge in [-0.2, -0.15) is 0 Å². The van der Waals surface area contributed by atoms with Crippen LogP contribution < -0.4 is 5.32 Å². The number of rotatable bonds is 3. The molecule has 2 aromatic carbocycles. The van der Waals surface area contributed by atoms with E-state index in [0.29, 0.717) is 11.6 Å². The Morgan fingerprint density at radius 3 is 2.86 bits per heavy atom. The van der Waals surface area contributed by atoms with E-state index in [-0.39, 0.29) is 5.82 Å². The fraction of sp³-hybridized carbons (Fsp3) is 0.333. The Bertz CT molecular complexity index is 612. The molecule has 2 nitrogen and oxygen atoms in total. The van der Waals surface area contributed by atoms with Crippen LogP contribution in [-0.2, 0) is 6.54 Å². The molecule has 1 fully saturated rings. The highest BCUT2D eigenvalue weighted by Crippen LogP contribution is 2.24. The molecule has 3 heteroatoms. The normalized spacial score (nSPS) is 19.6. The highest BCUT2D eigenvalue weighted by Gasteiger charge is 2.15. The van der Waals surface area contributed by atoms with Gasteiger partial charge in [0.25, 0.3) is 0 Å². The zero-order valence-electron chi connectivity index (χ0n) is 12.3. The fourth-order valence-corrected chi connectivity index (χ4v) is 2.95.